The largest absolute Gasteiger partial charge is 0.497 e. The van der Waals surface area contributed by atoms with Crippen LogP contribution in [0.1, 0.15) is 5.56 Å². The SMILES string of the molecule is COc1ccc2cc(C[C@@H](ON)C(=O)O)ccc2c1. The van der Waals surface area contributed by atoms with E-state index in [1.807, 2.05) is 36.4 Å². The molecule has 0 aliphatic carbocycles. The van der Waals surface area contributed by atoms with E-state index in [1.165, 1.54) is 0 Å². The first-order valence-corrected chi connectivity index (χ1v) is 5.79. The minimum Gasteiger partial charge on any atom is -0.497 e. The molecule has 0 heterocycles. The molecule has 0 radical (unpaired) electrons. The second-order valence-corrected chi connectivity index (χ2v) is 4.21. The van der Waals surface area contributed by atoms with Crippen LogP contribution in [0, 0.1) is 0 Å². The molecule has 0 aliphatic heterocycles. The van der Waals surface area contributed by atoms with Crippen molar-refractivity contribution >= 4 is 16.7 Å². The first kappa shape index (κ1) is 13.3. The zero-order chi connectivity index (χ0) is 13.8. The Hall–Kier alpha value is -2.11. The fraction of sp³-hybridized carbons (Fsp3) is 0.214. The van der Waals surface area contributed by atoms with Crippen LogP contribution < -0.4 is 10.6 Å². The summed E-state index contributed by atoms with van der Waals surface area (Å²) >= 11 is 0. The zero-order valence-electron chi connectivity index (χ0n) is 10.5. The Morgan fingerprint density at radius 2 is 1.95 bits per heavy atom. The molecule has 0 spiro atoms. The summed E-state index contributed by atoms with van der Waals surface area (Å²) in [6, 6.07) is 11.4. The number of fused-ring (bicyclic) bond motifs is 1. The normalized spacial score (nSPS) is 12.3. The Labute approximate surface area is 110 Å². The van der Waals surface area contributed by atoms with Gasteiger partial charge in [0.1, 0.15) is 5.75 Å². The van der Waals surface area contributed by atoms with Crippen molar-refractivity contribution in [3.63, 3.8) is 0 Å². The Balaban J connectivity index is 2.29. The monoisotopic (exact) mass is 261 g/mol. The lowest BCUT2D eigenvalue weighted by molar-refractivity contribution is -0.150. The van der Waals surface area contributed by atoms with Crippen molar-refractivity contribution in [2.45, 2.75) is 12.5 Å². The number of hydrogen-bond acceptors (Lipinski definition) is 4. The van der Waals surface area contributed by atoms with Gasteiger partial charge >= 0.3 is 5.97 Å². The number of carboxylic acid groups (broad SMARTS) is 1. The van der Waals surface area contributed by atoms with Gasteiger partial charge in [-0.1, -0.05) is 24.3 Å². The molecule has 19 heavy (non-hydrogen) atoms. The number of rotatable bonds is 5. The van der Waals surface area contributed by atoms with E-state index in [2.05, 4.69) is 4.84 Å². The van der Waals surface area contributed by atoms with Gasteiger partial charge in [-0.3, -0.25) is 4.84 Å². The summed E-state index contributed by atoms with van der Waals surface area (Å²) in [5.74, 6) is 4.69. The standard InChI is InChI=1S/C14H15NO4/c1-18-12-5-4-10-6-9(2-3-11(10)8-12)7-13(19-15)14(16)17/h2-6,8,13H,7,15H2,1H3,(H,16,17)/t13-/m1/s1. The summed E-state index contributed by atoms with van der Waals surface area (Å²) in [5, 5.41) is 10.9. The number of ether oxygens (including phenoxy) is 1. The van der Waals surface area contributed by atoms with Crippen LogP contribution in [0.3, 0.4) is 0 Å². The van der Waals surface area contributed by atoms with E-state index in [9.17, 15) is 4.79 Å². The second-order valence-electron chi connectivity index (χ2n) is 4.21. The molecule has 100 valence electrons. The topological polar surface area (TPSA) is 81.8 Å². The van der Waals surface area contributed by atoms with Gasteiger partial charge < -0.3 is 9.84 Å². The van der Waals surface area contributed by atoms with E-state index in [-0.39, 0.29) is 6.42 Å². The number of benzene rings is 2. The van der Waals surface area contributed by atoms with Gasteiger partial charge in [0.15, 0.2) is 6.10 Å². The maximum absolute atomic E-state index is 10.9. The van der Waals surface area contributed by atoms with E-state index in [0.29, 0.717) is 0 Å². The molecule has 0 saturated carbocycles. The molecule has 0 unspecified atom stereocenters. The molecule has 3 N–H and O–H groups in total. The predicted octanol–water partition coefficient (Wildman–Crippen LogP) is 1.73. The summed E-state index contributed by atoms with van der Waals surface area (Å²) < 4.78 is 5.15. The number of hydrogen-bond donors (Lipinski definition) is 2. The molecule has 2 aromatic carbocycles. The molecule has 0 bridgehead atoms. The van der Waals surface area contributed by atoms with E-state index in [0.717, 1.165) is 22.1 Å². The van der Waals surface area contributed by atoms with Crippen LogP contribution in [-0.4, -0.2) is 24.3 Å². The molecule has 2 rings (SSSR count). The molecule has 0 saturated heterocycles. The third kappa shape index (κ3) is 3.01. The molecular formula is C14H15NO4. The predicted molar refractivity (Wildman–Crippen MR) is 70.9 cm³/mol. The van der Waals surface area contributed by atoms with Crippen molar-refractivity contribution in [1.82, 2.24) is 0 Å². The van der Waals surface area contributed by atoms with Crippen molar-refractivity contribution in [3.8, 4) is 5.75 Å². The quantitative estimate of drug-likeness (QED) is 0.801. The average Bonchev–Trinajstić information content (AvgIpc) is 2.43. The van der Waals surface area contributed by atoms with E-state index in [4.69, 9.17) is 15.7 Å². The third-order valence-electron chi connectivity index (χ3n) is 2.97. The Morgan fingerprint density at radius 3 is 2.58 bits per heavy atom. The molecular weight excluding hydrogens is 246 g/mol. The van der Waals surface area contributed by atoms with Crippen LogP contribution in [0.5, 0.6) is 5.75 Å². The fourth-order valence-electron chi connectivity index (χ4n) is 1.93. The smallest absolute Gasteiger partial charge is 0.335 e. The highest BCUT2D eigenvalue weighted by Gasteiger charge is 2.17. The number of nitrogens with two attached hydrogens (primary N) is 1. The van der Waals surface area contributed by atoms with Gasteiger partial charge in [-0.05, 0) is 28.5 Å². The molecule has 0 aromatic heterocycles. The van der Waals surface area contributed by atoms with Crippen molar-refractivity contribution in [3.05, 3.63) is 42.0 Å². The van der Waals surface area contributed by atoms with E-state index >= 15 is 0 Å². The summed E-state index contributed by atoms with van der Waals surface area (Å²) in [5.41, 5.74) is 0.857. The van der Waals surface area contributed by atoms with Crippen molar-refractivity contribution in [1.29, 1.82) is 0 Å². The van der Waals surface area contributed by atoms with Gasteiger partial charge in [0.2, 0.25) is 0 Å². The maximum Gasteiger partial charge on any atom is 0.335 e. The highest BCUT2D eigenvalue weighted by molar-refractivity contribution is 5.84. The van der Waals surface area contributed by atoms with Gasteiger partial charge in [0.05, 0.1) is 7.11 Å². The molecule has 1 atom stereocenters. The minimum atomic E-state index is -1.07. The minimum absolute atomic E-state index is 0.230. The number of carbonyl (C=O) groups is 1. The van der Waals surface area contributed by atoms with Crippen LogP contribution in [0.4, 0.5) is 0 Å². The Morgan fingerprint density at radius 1 is 1.26 bits per heavy atom. The lowest BCUT2D eigenvalue weighted by Crippen LogP contribution is -2.29. The van der Waals surface area contributed by atoms with E-state index in [1.54, 1.807) is 7.11 Å². The van der Waals surface area contributed by atoms with Gasteiger partial charge in [0, 0.05) is 6.42 Å². The van der Waals surface area contributed by atoms with Crippen molar-refractivity contribution < 1.29 is 19.5 Å². The van der Waals surface area contributed by atoms with Crippen LogP contribution in [0.15, 0.2) is 36.4 Å². The van der Waals surface area contributed by atoms with Gasteiger partial charge in [-0.25, -0.2) is 10.7 Å². The third-order valence-corrected chi connectivity index (χ3v) is 2.97. The first-order valence-electron chi connectivity index (χ1n) is 5.79. The number of aliphatic carboxylic acids is 1. The highest BCUT2D eigenvalue weighted by Crippen LogP contribution is 2.22. The zero-order valence-corrected chi connectivity index (χ0v) is 10.5. The fourth-order valence-corrected chi connectivity index (χ4v) is 1.93. The van der Waals surface area contributed by atoms with Gasteiger partial charge in [-0.15, -0.1) is 0 Å². The molecule has 2 aromatic rings. The lowest BCUT2D eigenvalue weighted by atomic mass is 10.0. The van der Waals surface area contributed by atoms with Gasteiger partial charge in [-0.2, -0.15) is 0 Å². The first-order chi connectivity index (χ1) is 9.13. The van der Waals surface area contributed by atoms with Crippen LogP contribution >= 0.6 is 0 Å². The molecule has 0 amide bonds. The average molecular weight is 261 g/mol. The summed E-state index contributed by atoms with van der Waals surface area (Å²) in [6.07, 6.45) is -0.802. The van der Waals surface area contributed by atoms with Crippen LogP contribution in [0.25, 0.3) is 10.8 Å². The maximum atomic E-state index is 10.9. The van der Waals surface area contributed by atoms with Crippen molar-refractivity contribution in [2.75, 3.05) is 7.11 Å². The van der Waals surface area contributed by atoms with Crippen LogP contribution in [0.2, 0.25) is 0 Å². The number of carboxylic acids is 1. The molecule has 0 aliphatic rings. The molecule has 0 fully saturated rings. The van der Waals surface area contributed by atoms with Crippen molar-refractivity contribution in [2.24, 2.45) is 5.90 Å². The summed E-state index contributed by atoms with van der Waals surface area (Å²) in [4.78, 5) is 15.3. The Bertz CT molecular complexity index is 597. The van der Waals surface area contributed by atoms with E-state index < -0.39 is 12.1 Å². The van der Waals surface area contributed by atoms with Crippen LogP contribution in [-0.2, 0) is 16.1 Å². The Kier molecular flexibility index (Phi) is 3.99. The molecule has 5 heteroatoms. The summed E-state index contributed by atoms with van der Waals surface area (Å²) in [6.45, 7) is 0. The van der Waals surface area contributed by atoms with Gasteiger partial charge in [0.25, 0.3) is 0 Å². The lowest BCUT2D eigenvalue weighted by Gasteiger charge is -2.10. The molecule has 5 nitrogen and oxygen atoms in total. The number of methoxy groups -OCH3 is 1. The summed E-state index contributed by atoms with van der Waals surface area (Å²) in [7, 11) is 1.62. The second kappa shape index (κ2) is 5.69. The highest BCUT2D eigenvalue weighted by atomic mass is 16.6.